The monoisotopic (exact) mass is 184 g/mol. The Morgan fingerprint density at radius 1 is 1.38 bits per heavy atom. The number of rotatable bonds is 3. The Kier molecular flexibility index (Phi) is 3.74. The molecule has 0 bridgehead atoms. The first-order valence-corrected chi connectivity index (χ1v) is 5.54. The van der Waals surface area contributed by atoms with Crippen LogP contribution < -0.4 is 5.73 Å². The van der Waals surface area contributed by atoms with Crippen molar-refractivity contribution in [1.29, 1.82) is 0 Å². The topological polar surface area (TPSA) is 29.3 Å². The maximum atomic E-state index is 5.78. The van der Waals surface area contributed by atoms with Crippen LogP contribution in [0.25, 0.3) is 0 Å². The van der Waals surface area contributed by atoms with Crippen molar-refractivity contribution in [2.45, 2.75) is 46.1 Å². The van der Waals surface area contributed by atoms with Crippen molar-refractivity contribution >= 4 is 0 Å². The third kappa shape index (κ3) is 3.28. The second kappa shape index (κ2) is 4.43. The van der Waals surface area contributed by atoms with E-state index < -0.39 is 0 Å². The van der Waals surface area contributed by atoms with E-state index in [2.05, 4.69) is 25.7 Å². The summed E-state index contributed by atoms with van der Waals surface area (Å²) in [5, 5.41) is 0. The molecule has 1 aliphatic heterocycles. The van der Waals surface area contributed by atoms with E-state index in [-0.39, 0.29) is 0 Å². The molecule has 0 aromatic carbocycles. The van der Waals surface area contributed by atoms with Gasteiger partial charge in [0.15, 0.2) is 0 Å². The van der Waals surface area contributed by atoms with Crippen molar-refractivity contribution in [2.75, 3.05) is 19.6 Å². The first kappa shape index (κ1) is 11.0. The summed E-state index contributed by atoms with van der Waals surface area (Å²) in [5.41, 5.74) is 6.39. The molecule has 2 heteroatoms. The smallest absolute Gasteiger partial charge is 0.0139 e. The van der Waals surface area contributed by atoms with Crippen molar-refractivity contribution in [3.63, 3.8) is 0 Å². The van der Waals surface area contributed by atoms with E-state index in [1.807, 2.05) is 0 Å². The highest BCUT2D eigenvalue weighted by Crippen LogP contribution is 2.33. The Morgan fingerprint density at radius 2 is 1.92 bits per heavy atom. The zero-order valence-electron chi connectivity index (χ0n) is 9.34. The predicted octanol–water partition coefficient (Wildman–Crippen LogP) is 1.85. The fraction of sp³-hybridized carbons (Fsp3) is 1.00. The van der Waals surface area contributed by atoms with Gasteiger partial charge in [-0.1, -0.05) is 20.3 Å². The maximum absolute atomic E-state index is 5.78. The van der Waals surface area contributed by atoms with E-state index in [0.29, 0.717) is 11.5 Å². The Bertz CT molecular complexity index is 146. The van der Waals surface area contributed by atoms with E-state index in [0.717, 1.165) is 6.54 Å². The van der Waals surface area contributed by atoms with Crippen molar-refractivity contribution in [3.05, 3.63) is 0 Å². The minimum absolute atomic E-state index is 0.325. The Morgan fingerprint density at radius 3 is 2.31 bits per heavy atom. The second-order valence-electron chi connectivity index (χ2n) is 4.94. The molecule has 1 aliphatic rings. The van der Waals surface area contributed by atoms with Crippen LogP contribution in [0.5, 0.6) is 0 Å². The van der Waals surface area contributed by atoms with Crippen molar-refractivity contribution in [2.24, 2.45) is 11.1 Å². The molecule has 0 spiro atoms. The van der Waals surface area contributed by atoms with E-state index in [9.17, 15) is 0 Å². The third-order valence-corrected chi connectivity index (χ3v) is 3.46. The van der Waals surface area contributed by atoms with E-state index >= 15 is 0 Å². The molecule has 1 unspecified atom stereocenters. The van der Waals surface area contributed by atoms with Crippen molar-refractivity contribution in [3.8, 4) is 0 Å². The summed E-state index contributed by atoms with van der Waals surface area (Å²) in [5.74, 6) is 0. The molecule has 13 heavy (non-hydrogen) atoms. The van der Waals surface area contributed by atoms with Crippen molar-refractivity contribution < 1.29 is 0 Å². The highest BCUT2D eigenvalue weighted by molar-refractivity contribution is 4.82. The van der Waals surface area contributed by atoms with Crippen LogP contribution in [-0.2, 0) is 0 Å². The molecular formula is C11H24N2. The molecule has 0 aromatic rings. The SMILES string of the molecule is CCC1(C)CCN(CC(C)N)CC1. The molecule has 0 aromatic heterocycles. The summed E-state index contributed by atoms with van der Waals surface area (Å²) < 4.78 is 0. The number of likely N-dealkylation sites (tertiary alicyclic amines) is 1. The summed E-state index contributed by atoms with van der Waals surface area (Å²) in [6.07, 6.45) is 4.01. The average Bonchev–Trinajstić information content (AvgIpc) is 2.09. The van der Waals surface area contributed by atoms with Gasteiger partial charge in [0.1, 0.15) is 0 Å². The minimum Gasteiger partial charge on any atom is -0.327 e. The number of hydrogen-bond donors (Lipinski definition) is 1. The molecule has 1 heterocycles. The van der Waals surface area contributed by atoms with Gasteiger partial charge in [0.25, 0.3) is 0 Å². The van der Waals surface area contributed by atoms with Crippen LogP contribution in [0.15, 0.2) is 0 Å². The highest BCUT2D eigenvalue weighted by atomic mass is 15.1. The average molecular weight is 184 g/mol. The molecule has 2 N–H and O–H groups in total. The van der Waals surface area contributed by atoms with E-state index in [4.69, 9.17) is 5.73 Å². The van der Waals surface area contributed by atoms with Crippen LogP contribution in [0, 0.1) is 5.41 Å². The first-order valence-electron chi connectivity index (χ1n) is 5.54. The van der Waals surface area contributed by atoms with Gasteiger partial charge in [0, 0.05) is 12.6 Å². The van der Waals surface area contributed by atoms with Crippen LogP contribution >= 0.6 is 0 Å². The van der Waals surface area contributed by atoms with Gasteiger partial charge in [-0.25, -0.2) is 0 Å². The number of nitrogens with two attached hydrogens (primary N) is 1. The first-order chi connectivity index (χ1) is 6.06. The van der Waals surface area contributed by atoms with Gasteiger partial charge in [0.2, 0.25) is 0 Å². The van der Waals surface area contributed by atoms with Crippen LogP contribution in [0.2, 0.25) is 0 Å². The molecule has 1 saturated heterocycles. The zero-order chi connectivity index (χ0) is 9.90. The lowest BCUT2D eigenvalue weighted by molar-refractivity contribution is 0.111. The summed E-state index contributed by atoms with van der Waals surface area (Å²) >= 11 is 0. The van der Waals surface area contributed by atoms with Gasteiger partial charge in [-0.3, -0.25) is 0 Å². The highest BCUT2D eigenvalue weighted by Gasteiger charge is 2.28. The predicted molar refractivity (Wildman–Crippen MR) is 57.7 cm³/mol. The van der Waals surface area contributed by atoms with Gasteiger partial charge >= 0.3 is 0 Å². The number of nitrogens with zero attached hydrogens (tertiary/aromatic N) is 1. The zero-order valence-corrected chi connectivity index (χ0v) is 9.34. The lowest BCUT2D eigenvalue weighted by Crippen LogP contribution is -2.43. The molecule has 0 aliphatic carbocycles. The minimum atomic E-state index is 0.325. The van der Waals surface area contributed by atoms with Crippen LogP contribution in [-0.4, -0.2) is 30.6 Å². The van der Waals surface area contributed by atoms with Gasteiger partial charge in [-0.05, 0) is 38.3 Å². The van der Waals surface area contributed by atoms with Crippen LogP contribution in [0.3, 0.4) is 0 Å². The molecule has 1 atom stereocenters. The fourth-order valence-corrected chi connectivity index (χ4v) is 2.04. The number of hydrogen-bond acceptors (Lipinski definition) is 2. The van der Waals surface area contributed by atoms with Gasteiger partial charge in [-0.2, -0.15) is 0 Å². The summed E-state index contributed by atoms with van der Waals surface area (Å²) in [7, 11) is 0. The van der Waals surface area contributed by atoms with E-state index in [1.165, 1.54) is 32.4 Å². The van der Waals surface area contributed by atoms with E-state index in [1.54, 1.807) is 0 Å². The molecule has 0 radical (unpaired) electrons. The van der Waals surface area contributed by atoms with Crippen LogP contribution in [0.1, 0.15) is 40.0 Å². The quantitative estimate of drug-likeness (QED) is 0.725. The van der Waals surface area contributed by atoms with Crippen molar-refractivity contribution in [1.82, 2.24) is 4.90 Å². The standard InChI is InChI=1S/C11H24N2/c1-4-11(3)5-7-13(8-6-11)9-10(2)12/h10H,4-9,12H2,1-3H3. The third-order valence-electron chi connectivity index (χ3n) is 3.46. The molecule has 0 amide bonds. The molecular weight excluding hydrogens is 160 g/mol. The molecule has 1 fully saturated rings. The Balaban J connectivity index is 2.30. The summed E-state index contributed by atoms with van der Waals surface area (Å²) in [4.78, 5) is 2.50. The summed E-state index contributed by atoms with van der Waals surface area (Å²) in [6, 6.07) is 0.325. The largest absolute Gasteiger partial charge is 0.327 e. The lowest BCUT2D eigenvalue weighted by Gasteiger charge is -2.39. The molecule has 78 valence electrons. The Labute approximate surface area is 82.5 Å². The second-order valence-corrected chi connectivity index (χ2v) is 4.94. The fourth-order valence-electron chi connectivity index (χ4n) is 2.04. The molecule has 0 saturated carbocycles. The van der Waals surface area contributed by atoms with Gasteiger partial charge in [0.05, 0.1) is 0 Å². The van der Waals surface area contributed by atoms with Gasteiger partial charge < -0.3 is 10.6 Å². The molecule has 1 rings (SSSR count). The van der Waals surface area contributed by atoms with Gasteiger partial charge in [-0.15, -0.1) is 0 Å². The Hall–Kier alpha value is -0.0800. The molecule has 2 nitrogen and oxygen atoms in total. The normalized spacial score (nSPS) is 25.8. The lowest BCUT2D eigenvalue weighted by atomic mass is 9.78. The number of piperidine rings is 1. The summed E-state index contributed by atoms with van der Waals surface area (Å²) in [6.45, 7) is 10.4. The van der Waals surface area contributed by atoms with Crippen LogP contribution in [0.4, 0.5) is 0 Å². The maximum Gasteiger partial charge on any atom is 0.0139 e.